The lowest BCUT2D eigenvalue weighted by atomic mass is 9.88. The van der Waals surface area contributed by atoms with Crippen molar-refractivity contribution in [3.63, 3.8) is 0 Å². The summed E-state index contributed by atoms with van der Waals surface area (Å²) in [6, 6.07) is 7.53. The van der Waals surface area contributed by atoms with Crippen LogP contribution in [0.1, 0.15) is 17.9 Å². The summed E-state index contributed by atoms with van der Waals surface area (Å²) in [5, 5.41) is 8.80. The zero-order valence-corrected chi connectivity index (χ0v) is 10.7. The molecule has 5 heteroatoms. The largest absolute Gasteiger partial charge is 0.465 e. The highest BCUT2D eigenvalue weighted by Crippen LogP contribution is 2.31. The van der Waals surface area contributed by atoms with Crippen molar-refractivity contribution in [2.75, 3.05) is 13.1 Å². The number of nitrogens with zero attached hydrogens (tertiary/aromatic N) is 1. The molecule has 3 nitrogen and oxygen atoms in total. The highest BCUT2D eigenvalue weighted by molar-refractivity contribution is 9.10. The van der Waals surface area contributed by atoms with Crippen LogP contribution in [0.15, 0.2) is 28.7 Å². The lowest BCUT2D eigenvalue weighted by Gasteiger charge is -2.33. The summed E-state index contributed by atoms with van der Waals surface area (Å²) in [5.74, 6) is -0.196. The number of rotatable bonds is 1. The van der Waals surface area contributed by atoms with E-state index in [4.69, 9.17) is 5.11 Å². The van der Waals surface area contributed by atoms with Crippen LogP contribution < -0.4 is 0 Å². The van der Waals surface area contributed by atoms with Gasteiger partial charge in [0.05, 0.1) is 6.54 Å². The maximum absolute atomic E-state index is 13.9. The average molecular weight is 302 g/mol. The number of likely N-dealkylation sites (tertiary alicyclic amines) is 1. The van der Waals surface area contributed by atoms with Gasteiger partial charge in [-0.1, -0.05) is 28.1 Å². The van der Waals surface area contributed by atoms with Gasteiger partial charge in [-0.15, -0.1) is 0 Å². The first kappa shape index (κ1) is 12.4. The van der Waals surface area contributed by atoms with Gasteiger partial charge in [0, 0.05) is 16.9 Å². The summed E-state index contributed by atoms with van der Waals surface area (Å²) in [6.07, 6.45) is -1.63. The van der Waals surface area contributed by atoms with Gasteiger partial charge in [0.1, 0.15) is 6.17 Å². The van der Waals surface area contributed by atoms with E-state index < -0.39 is 12.3 Å². The van der Waals surface area contributed by atoms with Crippen molar-refractivity contribution in [2.45, 2.75) is 18.5 Å². The minimum Gasteiger partial charge on any atom is -0.465 e. The van der Waals surface area contributed by atoms with Crippen LogP contribution in [0.25, 0.3) is 0 Å². The average Bonchev–Trinajstić information content (AvgIpc) is 2.30. The van der Waals surface area contributed by atoms with Gasteiger partial charge in [0.15, 0.2) is 0 Å². The zero-order valence-electron chi connectivity index (χ0n) is 9.14. The Bertz CT molecular complexity index is 409. The summed E-state index contributed by atoms with van der Waals surface area (Å²) < 4.78 is 14.9. The van der Waals surface area contributed by atoms with Crippen molar-refractivity contribution in [1.82, 2.24) is 4.90 Å². The Morgan fingerprint density at radius 2 is 2.06 bits per heavy atom. The Labute approximate surface area is 107 Å². The second-order valence-electron chi connectivity index (χ2n) is 4.19. The maximum Gasteiger partial charge on any atom is 0.407 e. The summed E-state index contributed by atoms with van der Waals surface area (Å²) in [7, 11) is 0. The van der Waals surface area contributed by atoms with Crippen molar-refractivity contribution in [3.8, 4) is 0 Å². The number of amides is 1. The van der Waals surface area contributed by atoms with Crippen molar-refractivity contribution in [2.24, 2.45) is 0 Å². The van der Waals surface area contributed by atoms with Gasteiger partial charge in [0.25, 0.3) is 0 Å². The maximum atomic E-state index is 13.9. The fourth-order valence-electron chi connectivity index (χ4n) is 2.16. The number of piperidine rings is 1. The molecule has 2 atom stereocenters. The molecular formula is C12H13BrFNO2. The molecule has 1 amide bonds. The number of carboxylic acid groups (broad SMARTS) is 1. The van der Waals surface area contributed by atoms with Crippen LogP contribution in [0, 0.1) is 0 Å². The second kappa shape index (κ2) is 5.04. The Balaban J connectivity index is 2.09. The van der Waals surface area contributed by atoms with E-state index in [0.29, 0.717) is 13.0 Å². The van der Waals surface area contributed by atoms with Gasteiger partial charge in [0.2, 0.25) is 0 Å². The van der Waals surface area contributed by atoms with Gasteiger partial charge in [-0.05, 0) is 24.1 Å². The summed E-state index contributed by atoms with van der Waals surface area (Å²) in [4.78, 5) is 11.9. The van der Waals surface area contributed by atoms with Crippen LogP contribution in [0.2, 0.25) is 0 Å². The molecular weight excluding hydrogens is 289 g/mol. The predicted molar refractivity (Wildman–Crippen MR) is 66.0 cm³/mol. The third-order valence-electron chi connectivity index (χ3n) is 3.11. The molecule has 1 fully saturated rings. The van der Waals surface area contributed by atoms with E-state index in [2.05, 4.69) is 15.9 Å². The molecule has 0 saturated carbocycles. The molecule has 0 radical (unpaired) electrons. The molecule has 1 saturated heterocycles. The molecule has 0 aliphatic carbocycles. The van der Waals surface area contributed by atoms with E-state index >= 15 is 0 Å². The van der Waals surface area contributed by atoms with E-state index in [0.717, 1.165) is 14.9 Å². The van der Waals surface area contributed by atoms with E-state index in [9.17, 15) is 9.18 Å². The lowest BCUT2D eigenvalue weighted by Crippen LogP contribution is -2.43. The van der Waals surface area contributed by atoms with Crippen LogP contribution >= 0.6 is 15.9 Å². The zero-order chi connectivity index (χ0) is 12.4. The molecule has 1 aliphatic heterocycles. The molecule has 1 aliphatic rings. The number of alkyl halides is 1. The molecule has 0 bridgehead atoms. The molecule has 0 spiro atoms. The van der Waals surface area contributed by atoms with Crippen molar-refractivity contribution >= 4 is 22.0 Å². The Kier molecular flexibility index (Phi) is 3.66. The normalized spacial score (nSPS) is 24.7. The predicted octanol–water partition coefficient (Wildman–Crippen LogP) is 3.25. The molecule has 17 heavy (non-hydrogen) atoms. The molecule has 1 N–H and O–H groups in total. The quantitative estimate of drug-likeness (QED) is 0.865. The van der Waals surface area contributed by atoms with Crippen molar-refractivity contribution in [3.05, 3.63) is 34.3 Å². The fourth-order valence-corrected chi connectivity index (χ4v) is 2.43. The van der Waals surface area contributed by atoms with E-state index in [1.165, 1.54) is 0 Å². The van der Waals surface area contributed by atoms with Crippen molar-refractivity contribution in [1.29, 1.82) is 0 Å². The smallest absolute Gasteiger partial charge is 0.407 e. The highest BCUT2D eigenvalue weighted by Gasteiger charge is 2.32. The number of halogens is 2. The van der Waals surface area contributed by atoms with Crippen LogP contribution in [0.4, 0.5) is 9.18 Å². The molecule has 0 unspecified atom stereocenters. The first-order chi connectivity index (χ1) is 8.08. The first-order valence-electron chi connectivity index (χ1n) is 5.45. The van der Waals surface area contributed by atoms with Gasteiger partial charge in [-0.25, -0.2) is 9.18 Å². The van der Waals surface area contributed by atoms with Gasteiger partial charge in [-0.2, -0.15) is 0 Å². The Morgan fingerprint density at radius 1 is 1.41 bits per heavy atom. The highest BCUT2D eigenvalue weighted by atomic mass is 79.9. The molecule has 0 aromatic heterocycles. The summed E-state index contributed by atoms with van der Waals surface area (Å²) >= 11 is 3.33. The molecule has 92 valence electrons. The fraction of sp³-hybridized carbons (Fsp3) is 0.417. The monoisotopic (exact) mass is 301 g/mol. The molecule has 1 aromatic rings. The van der Waals surface area contributed by atoms with E-state index in [1.54, 1.807) is 0 Å². The minimum absolute atomic E-state index is 0.0317. The molecule has 1 aromatic carbocycles. The van der Waals surface area contributed by atoms with Gasteiger partial charge in [-0.3, -0.25) is 0 Å². The third-order valence-corrected chi connectivity index (χ3v) is 3.64. The summed E-state index contributed by atoms with van der Waals surface area (Å²) in [6.45, 7) is 0.368. The number of hydrogen-bond acceptors (Lipinski definition) is 1. The minimum atomic E-state index is -1.12. The first-order valence-corrected chi connectivity index (χ1v) is 6.24. The van der Waals surface area contributed by atoms with Gasteiger partial charge < -0.3 is 10.0 Å². The third kappa shape index (κ3) is 2.77. The topological polar surface area (TPSA) is 40.5 Å². The number of benzene rings is 1. The van der Waals surface area contributed by atoms with Crippen molar-refractivity contribution < 1.29 is 14.3 Å². The van der Waals surface area contributed by atoms with Crippen LogP contribution in [0.3, 0.4) is 0 Å². The Hall–Kier alpha value is -1.10. The Morgan fingerprint density at radius 3 is 2.59 bits per heavy atom. The molecule has 2 rings (SSSR count). The van der Waals surface area contributed by atoms with E-state index in [-0.39, 0.29) is 12.5 Å². The number of hydrogen-bond donors (Lipinski definition) is 1. The summed E-state index contributed by atoms with van der Waals surface area (Å²) in [5.41, 5.74) is 0.936. The second-order valence-corrected chi connectivity index (χ2v) is 5.11. The SMILES string of the molecule is O=C(O)N1CC[C@H](c2ccc(Br)cc2)[C@@H](F)C1. The van der Waals surface area contributed by atoms with Gasteiger partial charge >= 0.3 is 6.09 Å². The number of carbonyl (C=O) groups is 1. The van der Waals surface area contributed by atoms with Crippen LogP contribution in [-0.2, 0) is 0 Å². The van der Waals surface area contributed by atoms with Crippen LogP contribution in [0.5, 0.6) is 0 Å². The standard InChI is InChI=1S/C12H13BrFNO2/c13-9-3-1-8(2-4-9)10-5-6-15(12(16)17)7-11(10)14/h1-4,10-11H,5-7H2,(H,16,17)/t10-,11+/m1/s1. The lowest BCUT2D eigenvalue weighted by molar-refractivity contribution is 0.0963. The van der Waals surface area contributed by atoms with Crippen LogP contribution in [-0.4, -0.2) is 35.4 Å². The van der Waals surface area contributed by atoms with E-state index in [1.807, 2.05) is 24.3 Å². The molecule has 1 heterocycles.